The van der Waals surface area contributed by atoms with E-state index in [9.17, 15) is 14.4 Å². The smallest absolute Gasteiger partial charge is 0.281 e. The molecule has 0 saturated heterocycles. The number of thioether (sulfide) groups is 1. The number of methoxy groups -OCH3 is 1. The summed E-state index contributed by atoms with van der Waals surface area (Å²) in [5.41, 5.74) is 9.50. The SMILES string of the molecule is C#CC.C=C/C=C(\C=C1\C=C(C(=O)NO)SC1C)NC(=O)CCc1ccccc1.CO/C=C(\C)C(N)=O. The maximum Gasteiger partial charge on any atom is 0.281 e. The van der Waals surface area contributed by atoms with Gasteiger partial charge in [0.25, 0.3) is 5.91 Å². The highest BCUT2D eigenvalue weighted by Gasteiger charge is 2.23. The molecule has 2 rings (SSSR count). The van der Waals surface area contributed by atoms with Gasteiger partial charge >= 0.3 is 0 Å². The first-order valence-corrected chi connectivity index (χ1v) is 12.1. The van der Waals surface area contributed by atoms with Crippen molar-refractivity contribution in [2.24, 2.45) is 5.73 Å². The van der Waals surface area contributed by atoms with E-state index in [1.165, 1.54) is 25.1 Å². The summed E-state index contributed by atoms with van der Waals surface area (Å²) in [5, 5.41) is 11.7. The second kappa shape index (κ2) is 19.2. The number of amides is 3. The summed E-state index contributed by atoms with van der Waals surface area (Å²) in [4.78, 5) is 34.4. The molecule has 1 atom stereocenters. The Hall–Kier alpha value is -4.00. The number of carbonyl (C=O) groups is 3. The van der Waals surface area contributed by atoms with Gasteiger partial charge in [0.2, 0.25) is 11.8 Å². The molecule has 37 heavy (non-hydrogen) atoms. The number of hydrogen-bond donors (Lipinski definition) is 4. The Balaban J connectivity index is 0.000000992. The van der Waals surface area contributed by atoms with E-state index in [1.54, 1.807) is 37.6 Å². The zero-order chi connectivity index (χ0) is 28.2. The molecule has 1 aliphatic rings. The lowest BCUT2D eigenvalue weighted by molar-refractivity contribution is -0.124. The molecule has 0 bridgehead atoms. The van der Waals surface area contributed by atoms with Crippen molar-refractivity contribution in [3.63, 3.8) is 0 Å². The largest absolute Gasteiger partial charge is 0.504 e. The molecule has 198 valence electrons. The topological polar surface area (TPSA) is 131 Å². The van der Waals surface area contributed by atoms with Gasteiger partial charge in [0, 0.05) is 22.9 Å². The van der Waals surface area contributed by atoms with Gasteiger partial charge in [0.05, 0.1) is 18.3 Å². The van der Waals surface area contributed by atoms with Gasteiger partial charge in [-0.15, -0.1) is 24.1 Å². The van der Waals surface area contributed by atoms with Crippen LogP contribution in [0.25, 0.3) is 0 Å². The van der Waals surface area contributed by atoms with E-state index in [4.69, 9.17) is 10.9 Å². The molecule has 0 spiro atoms. The zero-order valence-electron chi connectivity index (χ0n) is 21.6. The van der Waals surface area contributed by atoms with Gasteiger partial charge in [0.1, 0.15) is 0 Å². The maximum atomic E-state index is 12.2. The summed E-state index contributed by atoms with van der Waals surface area (Å²) in [7, 11) is 1.46. The van der Waals surface area contributed by atoms with Gasteiger partial charge in [-0.05, 0) is 56.6 Å². The lowest BCUT2D eigenvalue weighted by Gasteiger charge is -2.09. The predicted octanol–water partition coefficient (Wildman–Crippen LogP) is 3.92. The van der Waals surface area contributed by atoms with Gasteiger partial charge in [0.15, 0.2) is 0 Å². The Bertz CT molecular complexity index is 1080. The van der Waals surface area contributed by atoms with Crippen molar-refractivity contribution in [1.82, 2.24) is 10.8 Å². The fourth-order valence-corrected chi connectivity index (χ4v) is 3.70. The van der Waals surface area contributed by atoms with Crippen LogP contribution in [-0.2, 0) is 25.5 Å². The second-order valence-corrected chi connectivity index (χ2v) is 8.82. The molecule has 1 aliphatic heterocycles. The van der Waals surface area contributed by atoms with Crippen molar-refractivity contribution in [2.45, 2.75) is 38.9 Å². The summed E-state index contributed by atoms with van der Waals surface area (Å²) >= 11 is 1.35. The van der Waals surface area contributed by atoms with E-state index < -0.39 is 11.8 Å². The number of hydroxylamine groups is 1. The Morgan fingerprint density at radius 1 is 1.30 bits per heavy atom. The lowest BCUT2D eigenvalue weighted by atomic mass is 10.1. The van der Waals surface area contributed by atoms with E-state index in [0.29, 0.717) is 29.0 Å². The van der Waals surface area contributed by atoms with Gasteiger partial charge in [-0.3, -0.25) is 19.6 Å². The summed E-state index contributed by atoms with van der Waals surface area (Å²) in [6.45, 7) is 8.87. The first kappa shape index (κ1) is 33.0. The summed E-state index contributed by atoms with van der Waals surface area (Å²) in [6.07, 6.45) is 13.8. The average Bonchev–Trinajstić information content (AvgIpc) is 3.24. The molecule has 0 aromatic heterocycles. The number of primary amides is 1. The molecule has 1 unspecified atom stereocenters. The van der Waals surface area contributed by atoms with Crippen molar-refractivity contribution >= 4 is 29.5 Å². The average molecular weight is 526 g/mol. The zero-order valence-corrected chi connectivity index (χ0v) is 22.4. The molecule has 5 N–H and O–H groups in total. The molecule has 1 aromatic rings. The minimum atomic E-state index is -0.536. The number of terminal acetylenes is 1. The quantitative estimate of drug-likeness (QED) is 0.0965. The van der Waals surface area contributed by atoms with Crippen LogP contribution in [0.15, 0.2) is 89.2 Å². The number of aryl methyl sites for hydroxylation is 1. The standard InChI is InChI=1S/C20H22N2O3S.C5H9NO2.C3H4/c1-3-7-17(12-16-13-18(20(24)22-25)26-14(16)2)21-19(23)11-10-15-8-5-4-6-9-15;1-4(3-8-2)5(6)7;1-3-2/h3-9,12-14,25H,1,10-11H2,2H3,(H,21,23)(H,22,24);3H,1-2H3,(H2,6,7);1H,2H3/b16-12-,17-7+;4-3+;. The van der Waals surface area contributed by atoms with Gasteiger partial charge in [-0.2, -0.15) is 0 Å². The van der Waals surface area contributed by atoms with Gasteiger partial charge in [-0.1, -0.05) is 43.0 Å². The van der Waals surface area contributed by atoms with E-state index in [-0.39, 0.29) is 11.2 Å². The molecule has 0 radical (unpaired) electrons. The number of carbonyl (C=O) groups excluding carboxylic acids is 3. The highest BCUT2D eigenvalue weighted by Crippen LogP contribution is 2.36. The first-order valence-electron chi connectivity index (χ1n) is 11.2. The third-order valence-corrected chi connectivity index (χ3v) is 5.65. The van der Waals surface area contributed by atoms with Crippen LogP contribution in [0.5, 0.6) is 0 Å². The van der Waals surface area contributed by atoms with Crippen molar-refractivity contribution < 1.29 is 24.3 Å². The molecule has 8 nitrogen and oxygen atoms in total. The van der Waals surface area contributed by atoms with E-state index in [0.717, 1.165) is 11.1 Å². The first-order chi connectivity index (χ1) is 17.6. The number of nitrogens with one attached hydrogen (secondary N) is 2. The summed E-state index contributed by atoms with van der Waals surface area (Å²) in [6, 6.07) is 9.83. The van der Waals surface area contributed by atoms with E-state index >= 15 is 0 Å². The predicted molar refractivity (Wildman–Crippen MR) is 149 cm³/mol. The second-order valence-electron chi connectivity index (χ2n) is 7.43. The molecule has 0 aliphatic carbocycles. The molecule has 0 saturated carbocycles. The number of benzene rings is 1. The summed E-state index contributed by atoms with van der Waals surface area (Å²) < 4.78 is 4.50. The van der Waals surface area contributed by atoms with Gasteiger partial charge in [-0.25, -0.2) is 5.48 Å². The van der Waals surface area contributed by atoms with Crippen LogP contribution in [0.4, 0.5) is 0 Å². The number of rotatable bonds is 9. The molecule has 3 amide bonds. The number of nitrogens with two attached hydrogens (primary N) is 1. The fraction of sp³-hybridized carbons (Fsp3) is 0.250. The van der Waals surface area contributed by atoms with Crippen LogP contribution in [0.2, 0.25) is 0 Å². The van der Waals surface area contributed by atoms with Crippen LogP contribution in [0, 0.1) is 12.3 Å². The van der Waals surface area contributed by atoms with Crippen LogP contribution in [0.3, 0.4) is 0 Å². The normalized spacial score (nSPS) is 15.5. The molecule has 0 fully saturated rings. The van der Waals surface area contributed by atoms with Crippen molar-refractivity contribution in [1.29, 1.82) is 0 Å². The van der Waals surface area contributed by atoms with Crippen molar-refractivity contribution in [3.05, 3.63) is 94.8 Å². The molecule has 1 aromatic carbocycles. The fourth-order valence-electron chi connectivity index (χ4n) is 2.69. The number of allylic oxidation sites excluding steroid dienone is 4. The number of ether oxygens (including phenoxy) is 1. The monoisotopic (exact) mass is 525 g/mol. The Morgan fingerprint density at radius 3 is 2.41 bits per heavy atom. The van der Waals surface area contributed by atoms with Crippen LogP contribution in [0.1, 0.15) is 32.8 Å². The molecule has 1 heterocycles. The molecule has 9 heteroatoms. The van der Waals surface area contributed by atoms with Crippen LogP contribution in [-0.4, -0.2) is 35.3 Å². The minimum Gasteiger partial charge on any atom is -0.504 e. The molecular formula is C28H35N3O5S. The van der Waals surface area contributed by atoms with Crippen LogP contribution >= 0.6 is 11.8 Å². The number of hydrogen-bond acceptors (Lipinski definition) is 6. The third-order valence-electron chi connectivity index (χ3n) is 4.47. The molecular weight excluding hydrogens is 490 g/mol. The maximum absolute atomic E-state index is 12.2. The Morgan fingerprint density at radius 2 is 1.92 bits per heavy atom. The van der Waals surface area contributed by atoms with E-state index in [1.807, 2.05) is 43.3 Å². The van der Waals surface area contributed by atoms with Crippen molar-refractivity contribution in [2.75, 3.05) is 7.11 Å². The third kappa shape index (κ3) is 14.2. The van der Waals surface area contributed by atoms with Crippen molar-refractivity contribution in [3.8, 4) is 12.3 Å². The lowest BCUT2D eigenvalue weighted by Crippen LogP contribution is -2.22. The summed E-state index contributed by atoms with van der Waals surface area (Å²) in [5.74, 6) is 1.17. The van der Waals surface area contributed by atoms with E-state index in [2.05, 4.69) is 29.0 Å². The minimum absolute atomic E-state index is 0.0386. The highest BCUT2D eigenvalue weighted by molar-refractivity contribution is 8.05. The Kier molecular flexibility index (Phi) is 17.1. The van der Waals surface area contributed by atoms with Gasteiger partial charge < -0.3 is 15.8 Å². The Labute approximate surface area is 223 Å². The van der Waals surface area contributed by atoms with Crippen LogP contribution < -0.4 is 16.5 Å². The highest BCUT2D eigenvalue weighted by atomic mass is 32.2.